The third-order valence-corrected chi connectivity index (χ3v) is 3.87. The molecule has 0 bridgehead atoms. The number of ether oxygens (including phenoxy) is 3. The van der Waals surface area contributed by atoms with Gasteiger partial charge in [0, 0.05) is 17.8 Å². The first-order valence-corrected chi connectivity index (χ1v) is 5.46. The van der Waals surface area contributed by atoms with E-state index in [2.05, 4.69) is 0 Å². The number of aliphatic hydroxyl groups excluding tert-OH is 1. The molecular formula is C11H14O5. The van der Waals surface area contributed by atoms with E-state index in [4.69, 9.17) is 14.2 Å². The Kier molecular flexibility index (Phi) is 2.19. The Balaban J connectivity index is 1.92. The number of carbonyl (C=O) groups excluding carboxylic acids is 1. The predicted molar refractivity (Wildman–Crippen MR) is 52.0 cm³/mol. The van der Waals surface area contributed by atoms with Crippen LogP contribution in [0.2, 0.25) is 0 Å². The Labute approximate surface area is 93.0 Å². The highest BCUT2D eigenvalue weighted by molar-refractivity contribution is 5.89. The predicted octanol–water partition coefficient (Wildman–Crippen LogP) is 0.0430. The minimum absolute atomic E-state index is 0.00806. The Bertz CT molecular complexity index is 350. The van der Waals surface area contributed by atoms with Gasteiger partial charge < -0.3 is 19.3 Å². The molecular weight excluding hydrogens is 212 g/mol. The third kappa shape index (κ3) is 1.21. The van der Waals surface area contributed by atoms with E-state index in [-0.39, 0.29) is 30.0 Å². The van der Waals surface area contributed by atoms with E-state index in [0.717, 1.165) is 0 Å². The van der Waals surface area contributed by atoms with Crippen molar-refractivity contribution in [2.45, 2.75) is 18.8 Å². The van der Waals surface area contributed by atoms with Gasteiger partial charge in [0.25, 0.3) is 0 Å². The maximum Gasteiger partial charge on any atom is 0.337 e. The molecule has 1 aliphatic carbocycles. The van der Waals surface area contributed by atoms with E-state index in [1.165, 1.54) is 13.4 Å². The monoisotopic (exact) mass is 226 g/mol. The van der Waals surface area contributed by atoms with Gasteiger partial charge in [-0.15, -0.1) is 0 Å². The summed E-state index contributed by atoms with van der Waals surface area (Å²) in [5.41, 5.74) is 0.524. The molecule has 0 aromatic rings. The molecule has 2 aliphatic heterocycles. The maximum absolute atomic E-state index is 11.6. The van der Waals surface area contributed by atoms with Crippen molar-refractivity contribution in [3.63, 3.8) is 0 Å². The molecule has 0 amide bonds. The van der Waals surface area contributed by atoms with Crippen molar-refractivity contribution in [2.24, 2.45) is 17.8 Å². The lowest BCUT2D eigenvalue weighted by Gasteiger charge is -2.29. The van der Waals surface area contributed by atoms with Crippen LogP contribution in [0.15, 0.2) is 11.8 Å². The fourth-order valence-electron chi connectivity index (χ4n) is 3.09. The second-order valence-corrected chi connectivity index (χ2v) is 4.55. The van der Waals surface area contributed by atoms with Crippen LogP contribution in [0, 0.1) is 17.8 Å². The zero-order valence-corrected chi connectivity index (χ0v) is 8.96. The lowest BCUT2D eigenvalue weighted by Crippen LogP contribution is -2.32. The molecule has 0 radical (unpaired) electrons. The van der Waals surface area contributed by atoms with Crippen molar-refractivity contribution < 1.29 is 24.1 Å². The van der Waals surface area contributed by atoms with Crippen LogP contribution in [0.5, 0.6) is 0 Å². The van der Waals surface area contributed by atoms with Crippen LogP contribution in [0.3, 0.4) is 0 Å². The third-order valence-electron chi connectivity index (χ3n) is 3.87. The highest BCUT2D eigenvalue weighted by atomic mass is 16.7. The van der Waals surface area contributed by atoms with Gasteiger partial charge in [-0.05, 0) is 6.42 Å². The summed E-state index contributed by atoms with van der Waals surface area (Å²) in [4.78, 5) is 11.6. The van der Waals surface area contributed by atoms with Gasteiger partial charge in [0.2, 0.25) is 6.29 Å². The Hall–Kier alpha value is -1.07. The van der Waals surface area contributed by atoms with Crippen molar-refractivity contribution >= 4 is 5.97 Å². The summed E-state index contributed by atoms with van der Waals surface area (Å²) in [6, 6.07) is 0. The molecule has 0 spiro atoms. The molecule has 2 unspecified atom stereocenters. The summed E-state index contributed by atoms with van der Waals surface area (Å²) in [6.07, 6.45) is 1.31. The van der Waals surface area contributed by atoms with Crippen LogP contribution in [0.4, 0.5) is 0 Å². The number of methoxy groups -OCH3 is 1. The van der Waals surface area contributed by atoms with Crippen LogP contribution < -0.4 is 0 Å². The van der Waals surface area contributed by atoms with E-state index in [0.29, 0.717) is 18.6 Å². The molecule has 3 rings (SSSR count). The molecule has 3 aliphatic rings. The van der Waals surface area contributed by atoms with Gasteiger partial charge in [-0.3, -0.25) is 0 Å². The standard InChI is InChI=1S/C11H14O5/c1-14-10(13)6-3-15-11-9-5(6)2-8(12)7(9)4-16-11/h3,5,7-9,11-12H,2,4H2,1H3/t5-,7?,8+,9?,11-/m1/s1. The number of esters is 1. The van der Waals surface area contributed by atoms with E-state index in [9.17, 15) is 9.90 Å². The largest absolute Gasteiger partial charge is 0.472 e. The molecule has 88 valence electrons. The van der Waals surface area contributed by atoms with Crippen LogP contribution in [-0.2, 0) is 19.0 Å². The van der Waals surface area contributed by atoms with Gasteiger partial charge in [0.05, 0.1) is 31.7 Å². The summed E-state index contributed by atoms with van der Waals surface area (Å²) in [6.45, 7) is 0.509. The van der Waals surface area contributed by atoms with Crippen LogP contribution in [-0.4, -0.2) is 37.2 Å². The van der Waals surface area contributed by atoms with E-state index in [1.54, 1.807) is 0 Å². The zero-order chi connectivity index (χ0) is 11.3. The molecule has 0 aromatic heterocycles. The van der Waals surface area contributed by atoms with E-state index >= 15 is 0 Å². The number of carbonyl (C=O) groups is 1. The summed E-state index contributed by atoms with van der Waals surface area (Å²) in [5.74, 6) is -0.186. The number of aliphatic hydroxyl groups is 1. The molecule has 0 aromatic carbocycles. The molecule has 5 atom stereocenters. The Morgan fingerprint density at radius 2 is 2.44 bits per heavy atom. The van der Waals surface area contributed by atoms with E-state index < -0.39 is 6.10 Å². The smallest absolute Gasteiger partial charge is 0.337 e. The van der Waals surface area contributed by atoms with Crippen molar-refractivity contribution in [1.82, 2.24) is 0 Å². The Morgan fingerprint density at radius 1 is 1.62 bits per heavy atom. The summed E-state index contributed by atoms with van der Waals surface area (Å²) < 4.78 is 15.5. The highest BCUT2D eigenvalue weighted by Crippen LogP contribution is 2.50. The average Bonchev–Trinajstić information content (AvgIpc) is 2.85. The summed E-state index contributed by atoms with van der Waals surface area (Å²) in [5, 5.41) is 9.90. The van der Waals surface area contributed by atoms with Gasteiger partial charge >= 0.3 is 5.97 Å². The van der Waals surface area contributed by atoms with Gasteiger partial charge in [0.1, 0.15) is 0 Å². The number of hydrogen-bond acceptors (Lipinski definition) is 5. The minimum Gasteiger partial charge on any atom is -0.472 e. The topological polar surface area (TPSA) is 65.0 Å². The average molecular weight is 226 g/mol. The first kappa shape index (κ1) is 10.1. The van der Waals surface area contributed by atoms with Crippen LogP contribution in [0.25, 0.3) is 0 Å². The molecule has 16 heavy (non-hydrogen) atoms. The van der Waals surface area contributed by atoms with Crippen molar-refractivity contribution in [3.05, 3.63) is 11.8 Å². The molecule has 1 N–H and O–H groups in total. The molecule has 1 saturated carbocycles. The molecule has 5 heteroatoms. The fourth-order valence-corrected chi connectivity index (χ4v) is 3.09. The number of hydrogen-bond donors (Lipinski definition) is 1. The summed E-state index contributed by atoms with van der Waals surface area (Å²) in [7, 11) is 1.35. The molecule has 2 heterocycles. The second kappa shape index (κ2) is 3.46. The van der Waals surface area contributed by atoms with Gasteiger partial charge in [-0.1, -0.05) is 0 Å². The molecule has 1 saturated heterocycles. The molecule has 5 nitrogen and oxygen atoms in total. The second-order valence-electron chi connectivity index (χ2n) is 4.55. The Morgan fingerprint density at radius 3 is 3.19 bits per heavy atom. The zero-order valence-electron chi connectivity index (χ0n) is 8.96. The van der Waals surface area contributed by atoms with Gasteiger partial charge in [-0.2, -0.15) is 0 Å². The van der Waals surface area contributed by atoms with Crippen LogP contribution >= 0.6 is 0 Å². The summed E-state index contributed by atoms with van der Waals surface area (Å²) >= 11 is 0. The van der Waals surface area contributed by atoms with Crippen LogP contribution in [0.1, 0.15) is 6.42 Å². The highest BCUT2D eigenvalue weighted by Gasteiger charge is 2.56. The number of rotatable bonds is 1. The normalized spacial score (nSPS) is 44.6. The first-order valence-electron chi connectivity index (χ1n) is 5.46. The van der Waals surface area contributed by atoms with Crippen molar-refractivity contribution in [3.8, 4) is 0 Å². The van der Waals surface area contributed by atoms with Gasteiger partial charge in [-0.25, -0.2) is 4.79 Å². The quantitative estimate of drug-likeness (QED) is 0.640. The SMILES string of the molecule is COC(=O)C1=CO[C@@H]2OCC3C2[C@@H]1C[C@@H]3O. The molecule has 2 fully saturated rings. The van der Waals surface area contributed by atoms with Gasteiger partial charge in [0.15, 0.2) is 0 Å². The lowest BCUT2D eigenvalue weighted by atomic mass is 9.84. The van der Waals surface area contributed by atoms with Crippen molar-refractivity contribution in [2.75, 3.05) is 13.7 Å². The lowest BCUT2D eigenvalue weighted by molar-refractivity contribution is -0.141. The minimum atomic E-state index is -0.408. The fraction of sp³-hybridized carbons (Fsp3) is 0.727. The van der Waals surface area contributed by atoms with Crippen molar-refractivity contribution in [1.29, 1.82) is 0 Å². The maximum atomic E-state index is 11.6. The van der Waals surface area contributed by atoms with E-state index in [1.807, 2.05) is 0 Å². The first-order chi connectivity index (χ1) is 7.72.